The second kappa shape index (κ2) is 15.3. The summed E-state index contributed by atoms with van der Waals surface area (Å²) in [5.74, 6) is -0.0923. The van der Waals surface area contributed by atoms with E-state index in [1.807, 2.05) is 73.2 Å². The lowest BCUT2D eigenvalue weighted by Crippen LogP contribution is -2.41. The molecule has 0 bridgehead atoms. The van der Waals surface area contributed by atoms with Gasteiger partial charge in [-0.3, -0.25) is 4.79 Å². The zero-order chi connectivity index (χ0) is 37.2. The average molecular weight is 751 g/mol. The molecule has 1 aliphatic rings. The summed E-state index contributed by atoms with van der Waals surface area (Å²) in [6.07, 6.45) is 0. The molecule has 268 valence electrons. The molecule has 0 aromatic heterocycles. The monoisotopic (exact) mass is 749 g/mol. The van der Waals surface area contributed by atoms with Crippen LogP contribution >= 0.6 is 35.0 Å². The van der Waals surface area contributed by atoms with Crippen LogP contribution in [0.4, 0.5) is 22.7 Å². The summed E-state index contributed by atoms with van der Waals surface area (Å²) < 4.78 is -0.719. The Labute approximate surface area is 322 Å². The number of rotatable bonds is 9. The first-order valence-corrected chi connectivity index (χ1v) is 18.8. The molecule has 1 amide bonds. The largest absolute Gasteiger partial charge is 0.378 e. The summed E-state index contributed by atoms with van der Waals surface area (Å²) in [7, 11) is 8.18. The van der Waals surface area contributed by atoms with Gasteiger partial charge >= 0.3 is 0 Å². The Bertz CT molecular complexity index is 1960. The van der Waals surface area contributed by atoms with E-state index in [0.29, 0.717) is 28.3 Å². The van der Waals surface area contributed by atoms with Gasteiger partial charge in [-0.05, 0) is 82.9 Å². The van der Waals surface area contributed by atoms with E-state index >= 15 is 0 Å². The molecule has 5 aromatic carbocycles. The number of carbonyl (C=O) groups excluding carboxylic acids is 1. The average Bonchev–Trinajstić information content (AvgIpc) is 3.12. The maximum atomic E-state index is 13.6. The molecule has 1 aliphatic heterocycles. The van der Waals surface area contributed by atoms with Gasteiger partial charge in [0.1, 0.15) is 4.75 Å². The Balaban J connectivity index is 1.55. The zero-order valence-electron chi connectivity index (χ0n) is 30.7. The number of thioether (sulfide) groups is 1. The lowest BCUT2D eigenvalue weighted by molar-refractivity contribution is -0.126. The molecule has 0 unspecified atom stereocenters. The summed E-state index contributed by atoms with van der Waals surface area (Å²) in [6.45, 7) is 7.05. The fourth-order valence-corrected chi connectivity index (χ4v) is 7.84. The standard InChI is InChI=1S/C43H45Cl2N5OS/c1-42(2,3)40(51)47-41-46-39-26-37(50(27-29-8-16-33(44)17-9-29)28-30-10-18-34(45)19-11-30)24-25-38(39)43(52-41,31-12-20-35(21-13-31)48(4)5)32-14-22-36(23-15-32)49(6)7/h8-26H,27-28H2,1-7H3,(H,46,47,51). The van der Waals surface area contributed by atoms with Crippen LogP contribution in [0.2, 0.25) is 10.0 Å². The van der Waals surface area contributed by atoms with Crippen LogP contribution in [0.3, 0.4) is 0 Å². The second-order valence-electron chi connectivity index (χ2n) is 14.6. The highest BCUT2D eigenvalue weighted by molar-refractivity contribution is 8.15. The van der Waals surface area contributed by atoms with E-state index in [1.54, 1.807) is 11.8 Å². The molecular weight excluding hydrogens is 705 g/mol. The normalized spacial score (nSPS) is 13.5. The minimum atomic E-state index is -0.719. The first-order chi connectivity index (χ1) is 24.7. The van der Waals surface area contributed by atoms with Crippen molar-refractivity contribution in [1.29, 1.82) is 0 Å². The third-order valence-electron chi connectivity index (χ3n) is 9.25. The lowest BCUT2D eigenvalue weighted by Gasteiger charge is -2.40. The lowest BCUT2D eigenvalue weighted by atomic mass is 9.82. The quantitative estimate of drug-likeness (QED) is 0.163. The fraction of sp³-hybridized carbons (Fsp3) is 0.256. The van der Waals surface area contributed by atoms with E-state index in [9.17, 15) is 4.79 Å². The van der Waals surface area contributed by atoms with E-state index in [2.05, 4.69) is 111 Å². The molecule has 0 fully saturated rings. The number of benzene rings is 5. The molecule has 0 spiro atoms. The Kier molecular flexibility index (Phi) is 11.0. The number of aliphatic imine (C=N–C) groups is 1. The van der Waals surface area contributed by atoms with Gasteiger partial charge in [0.15, 0.2) is 5.17 Å². The van der Waals surface area contributed by atoms with Crippen molar-refractivity contribution in [1.82, 2.24) is 5.32 Å². The smallest absolute Gasteiger partial charge is 0.231 e. The maximum Gasteiger partial charge on any atom is 0.231 e. The minimum Gasteiger partial charge on any atom is -0.378 e. The highest BCUT2D eigenvalue weighted by atomic mass is 35.5. The van der Waals surface area contributed by atoms with E-state index in [4.69, 9.17) is 28.2 Å². The summed E-state index contributed by atoms with van der Waals surface area (Å²) in [4.78, 5) is 25.3. The maximum absolute atomic E-state index is 13.6. The number of halogens is 2. The van der Waals surface area contributed by atoms with Gasteiger partial charge in [0.2, 0.25) is 5.91 Å². The van der Waals surface area contributed by atoms with Crippen molar-refractivity contribution >= 4 is 68.8 Å². The van der Waals surface area contributed by atoms with Crippen LogP contribution in [0.1, 0.15) is 48.6 Å². The number of anilines is 3. The van der Waals surface area contributed by atoms with Crippen LogP contribution in [0.15, 0.2) is 120 Å². The van der Waals surface area contributed by atoms with Crippen LogP contribution < -0.4 is 20.0 Å². The van der Waals surface area contributed by atoms with E-state index in [-0.39, 0.29) is 5.91 Å². The summed E-state index contributed by atoms with van der Waals surface area (Å²) in [5, 5.41) is 5.17. The SMILES string of the molecule is CN(C)c1ccc(C2(c3ccc(N(C)C)cc3)SC(NC(=O)C(C)(C)C)=Nc3cc(N(Cc4ccc(Cl)cc4)Cc4ccc(Cl)cc4)ccc32)cc1. The van der Waals surface area contributed by atoms with E-state index < -0.39 is 10.2 Å². The molecule has 0 saturated heterocycles. The molecule has 0 saturated carbocycles. The topological polar surface area (TPSA) is 51.2 Å². The van der Waals surface area contributed by atoms with Gasteiger partial charge in [0.05, 0.1) is 5.69 Å². The molecule has 0 aliphatic carbocycles. The third-order valence-corrected chi connectivity index (χ3v) is 11.1. The number of nitrogens with one attached hydrogen (secondary N) is 1. The van der Waals surface area contributed by atoms with Gasteiger partial charge in [-0.1, -0.05) is 110 Å². The van der Waals surface area contributed by atoms with Gasteiger partial charge in [-0.25, -0.2) is 4.99 Å². The Morgan fingerprint density at radius 2 is 1.12 bits per heavy atom. The van der Waals surface area contributed by atoms with Crippen molar-refractivity contribution in [3.8, 4) is 0 Å². The number of carbonyl (C=O) groups is 1. The van der Waals surface area contributed by atoms with Crippen molar-refractivity contribution in [2.75, 3.05) is 42.9 Å². The summed E-state index contributed by atoms with van der Waals surface area (Å²) in [5.41, 5.74) is 8.88. The van der Waals surface area contributed by atoms with Crippen LogP contribution in [0.25, 0.3) is 0 Å². The molecule has 5 aromatic rings. The van der Waals surface area contributed by atoms with Crippen molar-refractivity contribution in [3.05, 3.63) is 153 Å². The van der Waals surface area contributed by atoms with Crippen LogP contribution in [0, 0.1) is 5.41 Å². The number of amides is 1. The number of hydrogen-bond acceptors (Lipinski definition) is 6. The number of amidine groups is 1. The van der Waals surface area contributed by atoms with Gasteiger partial charge in [0, 0.05) is 79.4 Å². The Morgan fingerprint density at radius 3 is 1.54 bits per heavy atom. The van der Waals surface area contributed by atoms with Crippen molar-refractivity contribution in [3.63, 3.8) is 0 Å². The number of fused-ring (bicyclic) bond motifs is 1. The third kappa shape index (κ3) is 8.12. The Morgan fingerprint density at radius 1 is 0.673 bits per heavy atom. The predicted octanol–water partition coefficient (Wildman–Crippen LogP) is 10.5. The highest BCUT2D eigenvalue weighted by Gasteiger charge is 2.44. The number of hydrogen-bond donors (Lipinski definition) is 1. The Hall–Kier alpha value is -4.43. The summed E-state index contributed by atoms with van der Waals surface area (Å²) >= 11 is 14.1. The molecule has 1 N–H and O–H groups in total. The first-order valence-electron chi connectivity index (χ1n) is 17.3. The molecule has 1 heterocycles. The van der Waals surface area contributed by atoms with Crippen LogP contribution in [-0.2, 0) is 22.6 Å². The zero-order valence-corrected chi connectivity index (χ0v) is 33.1. The summed E-state index contributed by atoms with van der Waals surface area (Å²) in [6, 6.07) is 39.9. The van der Waals surface area contributed by atoms with E-state index in [1.165, 1.54) is 0 Å². The van der Waals surface area contributed by atoms with Gasteiger partial charge in [0.25, 0.3) is 0 Å². The van der Waals surface area contributed by atoms with Crippen molar-refractivity contribution in [2.45, 2.75) is 38.6 Å². The van der Waals surface area contributed by atoms with Gasteiger partial charge < -0.3 is 20.0 Å². The number of nitrogens with zero attached hydrogens (tertiary/aromatic N) is 4. The molecule has 9 heteroatoms. The molecule has 6 nitrogen and oxygen atoms in total. The van der Waals surface area contributed by atoms with Crippen molar-refractivity contribution < 1.29 is 4.79 Å². The first kappa shape index (κ1) is 37.3. The minimum absolute atomic E-state index is 0.0923. The van der Waals surface area contributed by atoms with Crippen molar-refractivity contribution in [2.24, 2.45) is 10.4 Å². The molecule has 0 atom stereocenters. The molecule has 52 heavy (non-hydrogen) atoms. The highest BCUT2D eigenvalue weighted by Crippen LogP contribution is 2.55. The van der Waals surface area contributed by atoms with E-state index in [0.717, 1.165) is 50.6 Å². The van der Waals surface area contributed by atoms with Gasteiger partial charge in [-0.15, -0.1) is 0 Å². The molecular formula is C43H45Cl2N5OS. The van der Waals surface area contributed by atoms with Crippen LogP contribution in [-0.4, -0.2) is 39.3 Å². The molecule has 0 radical (unpaired) electrons. The predicted molar refractivity (Wildman–Crippen MR) is 223 cm³/mol. The second-order valence-corrected chi connectivity index (χ2v) is 16.7. The van der Waals surface area contributed by atoms with Gasteiger partial charge in [-0.2, -0.15) is 0 Å². The fourth-order valence-electron chi connectivity index (χ4n) is 6.22. The van der Waals surface area contributed by atoms with Crippen LogP contribution in [0.5, 0.6) is 0 Å². The molecule has 6 rings (SSSR count).